The molecule has 0 fully saturated rings. The van der Waals surface area contributed by atoms with Crippen LogP contribution in [0.2, 0.25) is 0 Å². The molecule has 36 heavy (non-hydrogen) atoms. The number of halogens is 3. The molecule has 5 nitrogen and oxygen atoms in total. The minimum Gasteiger partial charge on any atom is -0.508 e. The van der Waals surface area contributed by atoms with E-state index in [0.717, 1.165) is 34.8 Å². The largest absolute Gasteiger partial charge is 0.508 e. The van der Waals surface area contributed by atoms with Crippen molar-refractivity contribution in [1.82, 2.24) is 14.5 Å². The van der Waals surface area contributed by atoms with E-state index in [1.165, 1.54) is 23.8 Å². The summed E-state index contributed by atoms with van der Waals surface area (Å²) in [5.41, 5.74) is 10.3. The van der Waals surface area contributed by atoms with Gasteiger partial charge in [0.05, 0.1) is 5.56 Å². The Hall–Kier alpha value is -3.98. The maximum absolute atomic E-state index is 12.0. The summed E-state index contributed by atoms with van der Waals surface area (Å²) in [5.74, 6) is 0.720. The number of aromatic hydroxyl groups is 1. The molecule has 0 unspecified atom stereocenters. The van der Waals surface area contributed by atoms with Crippen molar-refractivity contribution in [2.75, 3.05) is 5.73 Å². The fraction of sp³-hybridized carbons (Fsp3) is 0.111. The second kappa shape index (κ2) is 10.3. The molecule has 2 heterocycles. The maximum atomic E-state index is 12.0. The number of anilines is 1. The number of fused-ring (bicyclic) bond motifs is 1. The molecule has 0 saturated carbocycles. The number of aromatic nitrogens is 3. The van der Waals surface area contributed by atoms with Gasteiger partial charge in [-0.25, -0.2) is 4.98 Å². The average molecular weight is 509 g/mol. The molecule has 0 aliphatic rings. The lowest BCUT2D eigenvalue weighted by atomic mass is 10.1. The van der Waals surface area contributed by atoms with Crippen molar-refractivity contribution < 1.29 is 18.3 Å². The van der Waals surface area contributed by atoms with Gasteiger partial charge in [-0.15, -0.1) is 12.6 Å². The molecular formula is C27H23F3N4OS. The highest BCUT2D eigenvalue weighted by Crippen LogP contribution is 2.33. The first-order chi connectivity index (χ1) is 17.1. The van der Waals surface area contributed by atoms with Crippen LogP contribution in [-0.2, 0) is 12.7 Å². The van der Waals surface area contributed by atoms with Crippen LogP contribution in [0.5, 0.6) is 5.75 Å². The molecule has 3 N–H and O–H groups in total. The third kappa shape index (κ3) is 5.63. The second-order valence-corrected chi connectivity index (χ2v) is 8.60. The van der Waals surface area contributed by atoms with Crippen molar-refractivity contribution >= 4 is 29.3 Å². The summed E-state index contributed by atoms with van der Waals surface area (Å²) in [6.45, 7) is 2.84. The van der Waals surface area contributed by atoms with Crippen molar-refractivity contribution in [2.45, 2.75) is 24.5 Å². The first kappa shape index (κ1) is 25.1. The van der Waals surface area contributed by atoms with E-state index in [0.29, 0.717) is 11.5 Å². The first-order valence-electron chi connectivity index (χ1n) is 10.9. The monoisotopic (exact) mass is 508 g/mol. The number of aryl methyl sites for hydroxylation is 1. The first-order valence-corrected chi connectivity index (χ1v) is 11.4. The van der Waals surface area contributed by atoms with Gasteiger partial charge >= 0.3 is 6.18 Å². The van der Waals surface area contributed by atoms with Gasteiger partial charge in [-0.1, -0.05) is 36.4 Å². The fourth-order valence-electron chi connectivity index (χ4n) is 3.84. The summed E-state index contributed by atoms with van der Waals surface area (Å²) in [6.07, 6.45) is -1.06. The number of nitrogens with two attached hydrogens (primary N) is 1. The molecule has 0 aliphatic heterocycles. The van der Waals surface area contributed by atoms with E-state index in [1.54, 1.807) is 24.5 Å². The Morgan fingerprint density at radius 1 is 0.944 bits per heavy atom. The Kier molecular flexibility index (Phi) is 7.21. The predicted molar refractivity (Wildman–Crippen MR) is 138 cm³/mol. The zero-order chi connectivity index (χ0) is 25.9. The van der Waals surface area contributed by atoms with E-state index in [-0.39, 0.29) is 10.6 Å². The summed E-state index contributed by atoms with van der Waals surface area (Å²) in [6, 6.07) is 20.9. The SMILES string of the molecule is Cc1cc2cc(O)ccc2n1Cc1ccc(-c2nccnc2N)cc1.FC(F)(F)c1ccccc1S. The molecular weight excluding hydrogens is 485 g/mol. The molecule has 0 bridgehead atoms. The van der Waals surface area contributed by atoms with Crippen LogP contribution < -0.4 is 5.73 Å². The zero-order valence-corrected chi connectivity index (χ0v) is 20.1. The van der Waals surface area contributed by atoms with Crippen LogP contribution >= 0.6 is 12.6 Å². The van der Waals surface area contributed by atoms with Crippen LogP contribution in [0, 0.1) is 6.92 Å². The van der Waals surface area contributed by atoms with Gasteiger partial charge in [-0.3, -0.25) is 4.98 Å². The Morgan fingerprint density at radius 2 is 1.64 bits per heavy atom. The molecule has 0 spiro atoms. The van der Waals surface area contributed by atoms with Crippen molar-refractivity contribution in [3.63, 3.8) is 0 Å². The van der Waals surface area contributed by atoms with Crippen molar-refractivity contribution in [2.24, 2.45) is 0 Å². The van der Waals surface area contributed by atoms with E-state index in [9.17, 15) is 18.3 Å². The van der Waals surface area contributed by atoms with Gasteiger partial charge in [0.15, 0.2) is 0 Å². The van der Waals surface area contributed by atoms with E-state index in [4.69, 9.17) is 5.73 Å². The molecule has 5 aromatic rings. The summed E-state index contributed by atoms with van der Waals surface area (Å²) in [4.78, 5) is 8.34. The molecule has 0 atom stereocenters. The number of nitrogens with zero attached hydrogens (tertiary/aromatic N) is 3. The van der Waals surface area contributed by atoms with Crippen LogP contribution in [0.25, 0.3) is 22.2 Å². The number of phenols is 1. The molecule has 9 heteroatoms. The van der Waals surface area contributed by atoms with Crippen molar-refractivity contribution in [3.8, 4) is 17.0 Å². The number of hydrogen-bond donors (Lipinski definition) is 3. The standard InChI is InChI=1S/C20H18N4O.C7H5F3S/c1-13-10-16-11-17(25)6-7-18(16)24(13)12-14-2-4-15(5-3-14)19-20(21)23-9-8-22-19;8-7(9,10)5-3-1-2-4-6(5)11/h2-11,25H,12H2,1H3,(H2,21,23);1-4,11H. The quantitative estimate of drug-likeness (QED) is 0.236. The smallest absolute Gasteiger partial charge is 0.417 e. The highest BCUT2D eigenvalue weighted by molar-refractivity contribution is 7.80. The lowest BCUT2D eigenvalue weighted by molar-refractivity contribution is -0.139. The van der Waals surface area contributed by atoms with E-state index >= 15 is 0 Å². The van der Waals surface area contributed by atoms with Gasteiger partial charge in [0, 0.05) is 46.0 Å². The normalized spacial score (nSPS) is 11.2. The van der Waals surface area contributed by atoms with Crippen LogP contribution in [0.4, 0.5) is 19.0 Å². The molecule has 3 aromatic carbocycles. The number of rotatable bonds is 3. The average Bonchev–Trinajstić information content (AvgIpc) is 3.14. The third-order valence-corrected chi connectivity index (χ3v) is 5.99. The molecule has 0 aliphatic carbocycles. The lowest BCUT2D eigenvalue weighted by Gasteiger charge is -2.10. The van der Waals surface area contributed by atoms with E-state index in [2.05, 4.69) is 52.3 Å². The van der Waals surface area contributed by atoms with Gasteiger partial charge < -0.3 is 15.4 Å². The van der Waals surface area contributed by atoms with Crippen LogP contribution in [0.3, 0.4) is 0 Å². The van der Waals surface area contributed by atoms with Gasteiger partial charge in [-0.2, -0.15) is 13.2 Å². The number of hydrogen-bond acceptors (Lipinski definition) is 5. The summed E-state index contributed by atoms with van der Waals surface area (Å²) in [5, 5.41) is 10.7. The minimum atomic E-state index is -4.29. The Bertz CT molecular complexity index is 1500. The highest BCUT2D eigenvalue weighted by atomic mass is 32.1. The Labute approximate surface area is 211 Å². The Morgan fingerprint density at radius 3 is 2.28 bits per heavy atom. The van der Waals surface area contributed by atoms with E-state index in [1.807, 2.05) is 18.2 Å². The molecule has 0 amide bonds. The highest BCUT2D eigenvalue weighted by Gasteiger charge is 2.32. The number of nitrogen functional groups attached to an aromatic ring is 1. The molecule has 2 aromatic heterocycles. The van der Waals surface area contributed by atoms with Gasteiger partial charge in [-0.05, 0) is 48.9 Å². The number of thiol groups is 1. The number of alkyl halides is 3. The summed E-state index contributed by atoms with van der Waals surface area (Å²) >= 11 is 3.67. The van der Waals surface area contributed by atoms with Crippen LogP contribution in [0.15, 0.2) is 90.1 Å². The number of benzene rings is 3. The Balaban J connectivity index is 0.000000233. The van der Waals surface area contributed by atoms with Crippen LogP contribution in [-0.4, -0.2) is 19.6 Å². The molecule has 184 valence electrons. The van der Waals surface area contributed by atoms with E-state index < -0.39 is 11.7 Å². The van der Waals surface area contributed by atoms with Gasteiger partial charge in [0.25, 0.3) is 0 Å². The predicted octanol–water partition coefficient (Wildman–Crippen LogP) is 6.74. The maximum Gasteiger partial charge on any atom is 0.417 e. The van der Waals surface area contributed by atoms with Crippen molar-refractivity contribution in [1.29, 1.82) is 0 Å². The zero-order valence-electron chi connectivity index (χ0n) is 19.2. The topological polar surface area (TPSA) is 77.0 Å². The summed E-state index contributed by atoms with van der Waals surface area (Å²) < 4.78 is 38.2. The fourth-order valence-corrected chi connectivity index (χ4v) is 4.13. The van der Waals surface area contributed by atoms with Gasteiger partial charge in [0.2, 0.25) is 0 Å². The third-order valence-electron chi connectivity index (χ3n) is 5.60. The van der Waals surface area contributed by atoms with Crippen molar-refractivity contribution in [3.05, 3.63) is 102 Å². The minimum absolute atomic E-state index is 0.0417. The van der Waals surface area contributed by atoms with Crippen LogP contribution in [0.1, 0.15) is 16.8 Å². The molecule has 0 saturated heterocycles. The number of phenolic OH excluding ortho intramolecular Hbond substituents is 1. The lowest BCUT2D eigenvalue weighted by Crippen LogP contribution is -2.05. The molecule has 0 radical (unpaired) electrons. The second-order valence-electron chi connectivity index (χ2n) is 8.12. The molecule has 5 rings (SSSR count). The summed E-state index contributed by atoms with van der Waals surface area (Å²) in [7, 11) is 0. The van der Waals surface area contributed by atoms with Gasteiger partial charge in [0.1, 0.15) is 17.3 Å².